The Hall–Kier alpha value is -7.43. The number of hydrogen-bond acceptors (Lipinski definition) is 3. The fourth-order valence-corrected chi connectivity index (χ4v) is 8.36. The first-order valence-corrected chi connectivity index (χ1v) is 18.6. The number of nitrogens with zero attached hydrogens (tertiary/aromatic N) is 4. The molecule has 0 N–H and O–H groups in total. The molecular formula is C51H32N4. The van der Waals surface area contributed by atoms with E-state index in [1.807, 2.05) is 0 Å². The summed E-state index contributed by atoms with van der Waals surface area (Å²) in [4.78, 5) is 16.0. The quantitative estimate of drug-likeness (QED) is 0.168. The summed E-state index contributed by atoms with van der Waals surface area (Å²) in [6.07, 6.45) is 0. The maximum absolute atomic E-state index is 5.34. The predicted molar refractivity (Wildman–Crippen MR) is 228 cm³/mol. The minimum Gasteiger partial charge on any atom is -0.278 e. The molecule has 0 aliphatic carbocycles. The Labute approximate surface area is 317 Å². The van der Waals surface area contributed by atoms with Crippen LogP contribution in [0.15, 0.2) is 194 Å². The second kappa shape index (κ2) is 12.6. The highest BCUT2D eigenvalue weighted by molar-refractivity contribution is 6.13. The van der Waals surface area contributed by atoms with Gasteiger partial charge in [-0.2, -0.15) is 9.97 Å². The molecule has 0 unspecified atom stereocenters. The van der Waals surface area contributed by atoms with E-state index in [0.717, 1.165) is 54.8 Å². The van der Waals surface area contributed by atoms with Crippen LogP contribution in [-0.2, 0) is 0 Å². The molecule has 0 fully saturated rings. The standard InChI is InChI=1S/C51H32N4/c1-2-15-33(16-3-1)39-27-13-18-34-19-14-28-40(48(34)39)35-20-12-21-37(31-35)49-52-50(45-32-36-17-4-5-22-38(36)41-23-6-7-24-42(41)45)54-51(53-49)55-46-29-10-8-25-43(46)44-26-9-11-30-47(44)55/h1-32H. The third-order valence-corrected chi connectivity index (χ3v) is 10.8. The third-order valence-electron chi connectivity index (χ3n) is 10.8. The smallest absolute Gasteiger partial charge is 0.238 e. The highest BCUT2D eigenvalue weighted by atomic mass is 15.2. The Kier molecular flexibility index (Phi) is 7.14. The van der Waals surface area contributed by atoms with Gasteiger partial charge in [0.15, 0.2) is 11.6 Å². The molecule has 4 heteroatoms. The van der Waals surface area contributed by atoms with Gasteiger partial charge in [-0.05, 0) is 78.8 Å². The van der Waals surface area contributed by atoms with Crippen LogP contribution in [0.1, 0.15) is 0 Å². The Bertz CT molecular complexity index is 3210. The van der Waals surface area contributed by atoms with E-state index >= 15 is 0 Å². The van der Waals surface area contributed by atoms with E-state index in [9.17, 15) is 0 Å². The molecule has 0 saturated heterocycles. The van der Waals surface area contributed by atoms with Crippen LogP contribution < -0.4 is 0 Å². The van der Waals surface area contributed by atoms with Crippen molar-refractivity contribution < 1.29 is 0 Å². The van der Waals surface area contributed by atoms with Crippen LogP contribution in [-0.4, -0.2) is 19.5 Å². The molecule has 0 bridgehead atoms. The van der Waals surface area contributed by atoms with Gasteiger partial charge in [0.1, 0.15) is 0 Å². The minimum absolute atomic E-state index is 0.580. The molecule has 55 heavy (non-hydrogen) atoms. The molecule has 11 aromatic rings. The van der Waals surface area contributed by atoms with Crippen molar-refractivity contribution in [1.29, 1.82) is 0 Å². The number of aromatic nitrogens is 4. The first kappa shape index (κ1) is 31.1. The van der Waals surface area contributed by atoms with E-state index in [1.54, 1.807) is 0 Å². The van der Waals surface area contributed by atoms with Gasteiger partial charge in [0, 0.05) is 21.9 Å². The Balaban J connectivity index is 1.18. The second-order valence-corrected chi connectivity index (χ2v) is 14.0. The molecule has 4 nitrogen and oxygen atoms in total. The molecule has 0 atom stereocenters. The van der Waals surface area contributed by atoms with Crippen LogP contribution in [0.5, 0.6) is 0 Å². The largest absolute Gasteiger partial charge is 0.278 e. The van der Waals surface area contributed by atoms with Gasteiger partial charge in [-0.25, -0.2) is 4.98 Å². The van der Waals surface area contributed by atoms with E-state index in [1.165, 1.54) is 32.7 Å². The van der Waals surface area contributed by atoms with Crippen LogP contribution in [0, 0.1) is 0 Å². The summed E-state index contributed by atoms with van der Waals surface area (Å²) in [6, 6.07) is 68.7. The molecule has 256 valence electrons. The number of rotatable bonds is 5. The lowest BCUT2D eigenvalue weighted by molar-refractivity contribution is 0.954. The summed E-state index contributed by atoms with van der Waals surface area (Å²) >= 11 is 0. The number of para-hydroxylation sites is 2. The number of fused-ring (bicyclic) bond motifs is 7. The summed E-state index contributed by atoms with van der Waals surface area (Å²) in [5.74, 6) is 1.83. The number of benzene rings is 9. The van der Waals surface area contributed by atoms with Crippen LogP contribution in [0.3, 0.4) is 0 Å². The molecule has 0 aliphatic heterocycles. The Morgan fingerprint density at radius 1 is 0.309 bits per heavy atom. The Morgan fingerprint density at radius 3 is 1.58 bits per heavy atom. The van der Waals surface area contributed by atoms with Crippen molar-refractivity contribution in [1.82, 2.24) is 19.5 Å². The number of hydrogen-bond donors (Lipinski definition) is 0. The van der Waals surface area contributed by atoms with Gasteiger partial charge < -0.3 is 0 Å². The lowest BCUT2D eigenvalue weighted by Crippen LogP contribution is -2.06. The predicted octanol–water partition coefficient (Wildman–Crippen LogP) is 13.1. The molecule has 0 saturated carbocycles. The summed E-state index contributed by atoms with van der Waals surface area (Å²) in [7, 11) is 0. The summed E-state index contributed by atoms with van der Waals surface area (Å²) in [6.45, 7) is 0. The minimum atomic E-state index is 0.580. The zero-order chi connectivity index (χ0) is 36.3. The lowest BCUT2D eigenvalue weighted by Gasteiger charge is -2.15. The molecule has 0 spiro atoms. The van der Waals surface area contributed by atoms with Gasteiger partial charge in [-0.3, -0.25) is 4.57 Å². The third kappa shape index (κ3) is 5.11. The van der Waals surface area contributed by atoms with E-state index in [2.05, 4.69) is 199 Å². The van der Waals surface area contributed by atoms with Crippen molar-refractivity contribution in [2.24, 2.45) is 0 Å². The van der Waals surface area contributed by atoms with E-state index in [0.29, 0.717) is 17.6 Å². The van der Waals surface area contributed by atoms with Crippen LogP contribution in [0.25, 0.3) is 105 Å². The fourth-order valence-electron chi connectivity index (χ4n) is 8.36. The zero-order valence-electron chi connectivity index (χ0n) is 29.8. The molecule has 9 aromatic carbocycles. The molecule has 0 aliphatic rings. The van der Waals surface area contributed by atoms with Crippen LogP contribution in [0.4, 0.5) is 0 Å². The summed E-state index contributed by atoms with van der Waals surface area (Å²) < 4.78 is 2.18. The molecule has 0 amide bonds. The zero-order valence-corrected chi connectivity index (χ0v) is 29.8. The van der Waals surface area contributed by atoms with Crippen molar-refractivity contribution in [3.05, 3.63) is 194 Å². The molecule has 2 aromatic heterocycles. The fraction of sp³-hybridized carbons (Fsp3) is 0. The molecular weight excluding hydrogens is 669 g/mol. The van der Waals surface area contributed by atoms with Crippen molar-refractivity contribution in [3.8, 4) is 51.0 Å². The topological polar surface area (TPSA) is 43.6 Å². The van der Waals surface area contributed by atoms with E-state index in [4.69, 9.17) is 15.0 Å². The highest BCUT2D eigenvalue weighted by Crippen LogP contribution is 2.39. The average molecular weight is 701 g/mol. The molecule has 0 radical (unpaired) electrons. The molecule has 11 rings (SSSR count). The first-order valence-electron chi connectivity index (χ1n) is 18.6. The maximum atomic E-state index is 5.34. The SMILES string of the molecule is c1ccc(-c2cccc3cccc(-c4cccc(-c5nc(-c6cc7ccccc7c7ccccc67)nc(-n6c7ccccc7c7ccccc76)n5)c4)c23)cc1. The highest BCUT2D eigenvalue weighted by Gasteiger charge is 2.20. The summed E-state index contributed by atoms with van der Waals surface area (Å²) in [5, 5.41) is 9.35. The van der Waals surface area contributed by atoms with Crippen molar-refractivity contribution in [2.45, 2.75) is 0 Å². The van der Waals surface area contributed by atoms with Crippen molar-refractivity contribution in [3.63, 3.8) is 0 Å². The van der Waals surface area contributed by atoms with Gasteiger partial charge in [0.2, 0.25) is 5.95 Å². The van der Waals surface area contributed by atoms with Crippen LogP contribution in [0.2, 0.25) is 0 Å². The van der Waals surface area contributed by atoms with Crippen molar-refractivity contribution in [2.75, 3.05) is 0 Å². The maximum Gasteiger partial charge on any atom is 0.238 e. The summed E-state index contributed by atoms with van der Waals surface area (Å²) in [5.41, 5.74) is 8.65. The Morgan fingerprint density at radius 2 is 0.836 bits per heavy atom. The molecule has 2 heterocycles. The average Bonchev–Trinajstić information content (AvgIpc) is 3.60. The van der Waals surface area contributed by atoms with Gasteiger partial charge in [-0.1, -0.05) is 170 Å². The van der Waals surface area contributed by atoms with Crippen molar-refractivity contribution >= 4 is 54.1 Å². The van der Waals surface area contributed by atoms with E-state index in [-0.39, 0.29) is 0 Å². The normalized spacial score (nSPS) is 11.6. The lowest BCUT2D eigenvalue weighted by atomic mass is 9.91. The van der Waals surface area contributed by atoms with Crippen LogP contribution >= 0.6 is 0 Å². The monoisotopic (exact) mass is 700 g/mol. The van der Waals surface area contributed by atoms with Gasteiger partial charge in [0.05, 0.1) is 11.0 Å². The first-order chi connectivity index (χ1) is 27.3. The van der Waals surface area contributed by atoms with Gasteiger partial charge in [-0.15, -0.1) is 0 Å². The second-order valence-electron chi connectivity index (χ2n) is 14.0. The van der Waals surface area contributed by atoms with Gasteiger partial charge in [0.25, 0.3) is 0 Å². The van der Waals surface area contributed by atoms with E-state index < -0.39 is 0 Å². The van der Waals surface area contributed by atoms with Gasteiger partial charge >= 0.3 is 0 Å².